The first-order chi connectivity index (χ1) is 18.9. The van der Waals surface area contributed by atoms with Crippen LogP contribution in [0.3, 0.4) is 0 Å². The van der Waals surface area contributed by atoms with Crippen molar-refractivity contribution in [2.75, 3.05) is 26.2 Å². The maximum atomic E-state index is 12.0. The highest BCUT2D eigenvalue weighted by Gasteiger charge is 2.43. The van der Waals surface area contributed by atoms with E-state index >= 15 is 0 Å². The molecule has 2 aromatic heterocycles. The largest absolute Gasteiger partial charge is 0.497 e. The second kappa shape index (κ2) is 10.8. The van der Waals surface area contributed by atoms with E-state index in [2.05, 4.69) is 39.7 Å². The molecule has 5 rings (SSSR count). The number of nitrogens with one attached hydrogen (secondary N) is 1. The molecule has 39 heavy (non-hydrogen) atoms. The fraction of sp³-hybridized carbons (Fsp3) is 0.233. The molecule has 0 aliphatic carbocycles. The molecular formula is C30H30N4O4S. The van der Waals surface area contributed by atoms with Gasteiger partial charge in [-0.1, -0.05) is 6.07 Å². The molecule has 0 radical (unpaired) electrons. The molecule has 0 amide bonds. The highest BCUT2D eigenvalue weighted by atomic mass is 32.1. The minimum atomic E-state index is -0.366. The number of aryl methyl sites for hydroxylation is 1. The summed E-state index contributed by atoms with van der Waals surface area (Å²) in [5.74, 6) is 1.01. The molecule has 1 aliphatic rings. The van der Waals surface area contributed by atoms with Crippen LogP contribution in [0.4, 0.5) is 5.69 Å². The number of rotatable bonds is 7. The first-order valence-electron chi connectivity index (χ1n) is 12.5. The maximum absolute atomic E-state index is 12.0. The SMILES string of the molecule is COC(=O)c1ccc(-n2c(C)cc([C@@H]3[C@@H](c4ccccn4)NC(=S)N3c3cc(OC)ccc3OC)c2C)cc1. The third-order valence-corrected chi connectivity index (χ3v) is 7.39. The average Bonchev–Trinajstić information content (AvgIpc) is 3.47. The van der Waals surface area contributed by atoms with Gasteiger partial charge in [-0.05, 0) is 86.2 Å². The molecule has 9 heteroatoms. The molecule has 0 spiro atoms. The minimum Gasteiger partial charge on any atom is -0.497 e. The number of nitrogens with zero attached hydrogens (tertiary/aromatic N) is 3. The van der Waals surface area contributed by atoms with Crippen LogP contribution in [-0.2, 0) is 4.74 Å². The molecule has 0 saturated carbocycles. The van der Waals surface area contributed by atoms with Gasteiger partial charge in [-0.15, -0.1) is 0 Å². The predicted octanol–water partition coefficient (Wildman–Crippen LogP) is 5.47. The number of aromatic nitrogens is 2. The van der Waals surface area contributed by atoms with Crippen LogP contribution in [0.1, 0.15) is 45.1 Å². The van der Waals surface area contributed by atoms with Gasteiger partial charge in [0, 0.05) is 29.3 Å². The van der Waals surface area contributed by atoms with Crippen molar-refractivity contribution in [2.45, 2.75) is 25.9 Å². The van der Waals surface area contributed by atoms with Crippen LogP contribution in [-0.4, -0.2) is 42.0 Å². The number of anilines is 1. The van der Waals surface area contributed by atoms with Crippen LogP contribution in [0.5, 0.6) is 11.5 Å². The number of hydrogen-bond donors (Lipinski definition) is 1. The highest BCUT2D eigenvalue weighted by Crippen LogP contribution is 2.47. The number of thiocarbonyl (C=S) groups is 1. The molecule has 0 unspecified atom stereocenters. The molecule has 2 aromatic carbocycles. The Hall–Kier alpha value is -4.37. The second-order valence-electron chi connectivity index (χ2n) is 9.23. The maximum Gasteiger partial charge on any atom is 0.337 e. The molecule has 1 fully saturated rings. The summed E-state index contributed by atoms with van der Waals surface area (Å²) in [7, 11) is 4.66. The molecule has 1 N–H and O–H groups in total. The first kappa shape index (κ1) is 26.2. The highest BCUT2D eigenvalue weighted by molar-refractivity contribution is 7.80. The van der Waals surface area contributed by atoms with Gasteiger partial charge in [0.2, 0.25) is 0 Å². The predicted molar refractivity (Wildman–Crippen MR) is 154 cm³/mol. The Labute approximate surface area is 233 Å². The Morgan fingerprint density at radius 2 is 1.74 bits per heavy atom. The van der Waals surface area contributed by atoms with Gasteiger partial charge in [0.05, 0.1) is 50.4 Å². The monoisotopic (exact) mass is 542 g/mol. The number of esters is 1. The van der Waals surface area contributed by atoms with Gasteiger partial charge in [-0.2, -0.15) is 0 Å². The average molecular weight is 543 g/mol. The van der Waals surface area contributed by atoms with Gasteiger partial charge < -0.3 is 29.0 Å². The quantitative estimate of drug-likeness (QED) is 0.243. The van der Waals surface area contributed by atoms with Crippen molar-refractivity contribution in [3.05, 3.63) is 101 Å². The summed E-state index contributed by atoms with van der Waals surface area (Å²) in [4.78, 5) is 18.7. The summed E-state index contributed by atoms with van der Waals surface area (Å²) in [6.07, 6.45) is 1.79. The van der Waals surface area contributed by atoms with Crippen molar-refractivity contribution in [1.82, 2.24) is 14.9 Å². The summed E-state index contributed by atoms with van der Waals surface area (Å²) in [5, 5.41) is 4.08. The Kier molecular flexibility index (Phi) is 7.26. The number of carbonyl (C=O) groups is 1. The smallest absolute Gasteiger partial charge is 0.337 e. The summed E-state index contributed by atoms with van der Waals surface area (Å²) in [6.45, 7) is 4.16. The van der Waals surface area contributed by atoms with Gasteiger partial charge in [0.1, 0.15) is 11.5 Å². The standard InChI is InChI=1S/C30H30N4O4S/c1-18-16-23(19(2)33(18)21-11-9-20(10-12-21)29(35)38-5)28-27(24-8-6-7-15-31-24)32-30(39)34(28)25-17-22(36-3)13-14-26(25)37-4/h6-17,27-28H,1-5H3,(H,32,39)/t27-,28-/m1/s1. The zero-order valence-corrected chi connectivity index (χ0v) is 23.3. The van der Waals surface area contributed by atoms with Crippen LogP contribution in [0.15, 0.2) is 72.9 Å². The van der Waals surface area contributed by atoms with Crippen molar-refractivity contribution < 1.29 is 19.0 Å². The van der Waals surface area contributed by atoms with Crippen LogP contribution < -0.4 is 19.7 Å². The van der Waals surface area contributed by atoms with Gasteiger partial charge in [0.25, 0.3) is 0 Å². The normalized spacial score (nSPS) is 16.6. The lowest BCUT2D eigenvalue weighted by Crippen LogP contribution is -2.30. The molecule has 4 aromatic rings. The zero-order chi connectivity index (χ0) is 27.7. The molecule has 8 nitrogen and oxygen atoms in total. The summed E-state index contributed by atoms with van der Waals surface area (Å²) < 4.78 is 18.3. The van der Waals surface area contributed by atoms with Gasteiger partial charge in [0.15, 0.2) is 5.11 Å². The number of methoxy groups -OCH3 is 3. The molecule has 0 bridgehead atoms. The lowest BCUT2D eigenvalue weighted by molar-refractivity contribution is 0.0600. The van der Waals surface area contributed by atoms with Crippen molar-refractivity contribution in [3.8, 4) is 17.2 Å². The Morgan fingerprint density at radius 1 is 0.974 bits per heavy atom. The van der Waals surface area contributed by atoms with E-state index in [4.69, 9.17) is 26.4 Å². The summed E-state index contributed by atoms with van der Waals surface area (Å²) >= 11 is 5.93. The van der Waals surface area contributed by atoms with Crippen LogP contribution in [0.2, 0.25) is 0 Å². The van der Waals surface area contributed by atoms with E-state index in [1.807, 2.05) is 48.5 Å². The van der Waals surface area contributed by atoms with E-state index < -0.39 is 0 Å². The molecule has 3 heterocycles. The third-order valence-electron chi connectivity index (χ3n) is 7.08. The Bertz CT molecular complexity index is 1520. The van der Waals surface area contributed by atoms with E-state index in [0.717, 1.165) is 34.0 Å². The molecule has 1 saturated heterocycles. The number of pyridine rings is 1. The Balaban J connectivity index is 1.67. The van der Waals surface area contributed by atoms with Gasteiger partial charge in [-0.25, -0.2) is 4.79 Å². The van der Waals surface area contributed by atoms with Crippen molar-refractivity contribution in [3.63, 3.8) is 0 Å². The zero-order valence-electron chi connectivity index (χ0n) is 22.5. The fourth-order valence-electron chi connectivity index (χ4n) is 5.26. The van der Waals surface area contributed by atoms with Crippen LogP contribution >= 0.6 is 12.2 Å². The van der Waals surface area contributed by atoms with Crippen molar-refractivity contribution in [1.29, 1.82) is 0 Å². The number of ether oxygens (including phenoxy) is 3. The molecule has 2 atom stereocenters. The lowest BCUT2D eigenvalue weighted by Gasteiger charge is -2.29. The second-order valence-corrected chi connectivity index (χ2v) is 9.62. The third kappa shape index (κ3) is 4.70. The molecular weight excluding hydrogens is 512 g/mol. The van der Waals surface area contributed by atoms with E-state index in [0.29, 0.717) is 22.2 Å². The molecule has 200 valence electrons. The van der Waals surface area contributed by atoms with E-state index in [9.17, 15) is 4.79 Å². The van der Waals surface area contributed by atoms with Crippen LogP contribution in [0, 0.1) is 13.8 Å². The fourth-order valence-corrected chi connectivity index (χ4v) is 5.60. The lowest BCUT2D eigenvalue weighted by atomic mass is 9.96. The summed E-state index contributed by atoms with van der Waals surface area (Å²) in [6, 6.07) is 20.7. The van der Waals surface area contributed by atoms with E-state index in [-0.39, 0.29) is 18.1 Å². The Morgan fingerprint density at radius 3 is 2.38 bits per heavy atom. The van der Waals surface area contributed by atoms with Gasteiger partial charge in [-0.3, -0.25) is 4.98 Å². The van der Waals surface area contributed by atoms with Crippen molar-refractivity contribution >= 4 is 29.0 Å². The minimum absolute atomic E-state index is 0.217. The van der Waals surface area contributed by atoms with Crippen LogP contribution in [0.25, 0.3) is 5.69 Å². The molecule has 1 aliphatic heterocycles. The van der Waals surface area contributed by atoms with E-state index in [1.165, 1.54) is 7.11 Å². The first-order valence-corrected chi connectivity index (χ1v) is 12.9. The number of benzene rings is 2. The van der Waals surface area contributed by atoms with E-state index in [1.54, 1.807) is 32.5 Å². The summed E-state index contributed by atoms with van der Waals surface area (Å²) in [5.41, 5.74) is 6.29. The number of hydrogen-bond acceptors (Lipinski definition) is 6. The topological polar surface area (TPSA) is 77.9 Å². The van der Waals surface area contributed by atoms with Crippen molar-refractivity contribution in [2.24, 2.45) is 0 Å². The van der Waals surface area contributed by atoms with Gasteiger partial charge >= 0.3 is 5.97 Å². The number of carbonyl (C=O) groups excluding carboxylic acids is 1.